The number of rotatable bonds is 3. The molecule has 2 aliphatic rings. The third kappa shape index (κ3) is 3.82. The van der Waals surface area contributed by atoms with Gasteiger partial charge in [0.05, 0.1) is 0 Å². The minimum atomic E-state index is -0.0994. The maximum absolute atomic E-state index is 2.44. The molecule has 8 aromatic rings. The van der Waals surface area contributed by atoms with Gasteiger partial charge in [0.2, 0.25) is 0 Å². The molecule has 0 heteroatoms. The molecule has 0 aliphatic heterocycles. The van der Waals surface area contributed by atoms with Crippen molar-refractivity contribution >= 4 is 21.5 Å². The van der Waals surface area contributed by atoms with Gasteiger partial charge in [0, 0.05) is 5.41 Å². The molecule has 0 nitrogen and oxygen atoms in total. The highest BCUT2D eigenvalue weighted by molar-refractivity contribution is 6.18. The van der Waals surface area contributed by atoms with E-state index in [0.29, 0.717) is 0 Å². The second kappa shape index (κ2) is 9.64. The quantitative estimate of drug-likeness (QED) is 0.190. The SMILES string of the molecule is CC1(C)c2cc(-c3cccc(-c4ccc5c6c(cccc46)-c4ccccc4-5)c3)ccc2-c2ccc(-c3ccc4ccccc4c3)cc21. The fourth-order valence-corrected chi connectivity index (χ4v) is 8.39. The second-order valence-corrected chi connectivity index (χ2v) is 13.7. The molecule has 220 valence electrons. The van der Waals surface area contributed by atoms with E-state index in [-0.39, 0.29) is 5.41 Å². The lowest BCUT2D eigenvalue weighted by Crippen LogP contribution is -2.15. The minimum absolute atomic E-state index is 0.0994. The summed E-state index contributed by atoms with van der Waals surface area (Å²) in [5.41, 5.74) is 18.4. The Morgan fingerprint density at radius 1 is 0.319 bits per heavy atom. The highest BCUT2D eigenvalue weighted by atomic mass is 14.4. The molecule has 0 atom stereocenters. The van der Waals surface area contributed by atoms with E-state index in [1.807, 2.05) is 0 Å². The molecule has 8 aromatic carbocycles. The lowest BCUT2D eigenvalue weighted by molar-refractivity contribution is 0.661. The van der Waals surface area contributed by atoms with Gasteiger partial charge in [-0.2, -0.15) is 0 Å². The van der Waals surface area contributed by atoms with Crippen LogP contribution in [0.25, 0.3) is 88.3 Å². The fourth-order valence-electron chi connectivity index (χ4n) is 8.39. The molecule has 47 heavy (non-hydrogen) atoms. The summed E-state index contributed by atoms with van der Waals surface area (Å²) in [5.74, 6) is 0. The zero-order valence-corrected chi connectivity index (χ0v) is 26.5. The van der Waals surface area contributed by atoms with Crippen molar-refractivity contribution in [2.24, 2.45) is 0 Å². The van der Waals surface area contributed by atoms with Crippen molar-refractivity contribution < 1.29 is 0 Å². The zero-order chi connectivity index (χ0) is 31.3. The van der Waals surface area contributed by atoms with E-state index >= 15 is 0 Å². The zero-order valence-electron chi connectivity index (χ0n) is 26.5. The van der Waals surface area contributed by atoms with Gasteiger partial charge >= 0.3 is 0 Å². The normalized spacial score (nSPS) is 13.5. The van der Waals surface area contributed by atoms with Gasteiger partial charge in [-0.3, -0.25) is 0 Å². The first-order chi connectivity index (χ1) is 23.0. The predicted molar refractivity (Wildman–Crippen MR) is 200 cm³/mol. The van der Waals surface area contributed by atoms with Crippen molar-refractivity contribution in [3.05, 3.63) is 169 Å². The van der Waals surface area contributed by atoms with Gasteiger partial charge < -0.3 is 0 Å². The molecular formula is C47H32. The summed E-state index contributed by atoms with van der Waals surface area (Å²) in [6, 6.07) is 58.9. The summed E-state index contributed by atoms with van der Waals surface area (Å²) in [7, 11) is 0. The summed E-state index contributed by atoms with van der Waals surface area (Å²) in [5, 5.41) is 5.25. The summed E-state index contributed by atoms with van der Waals surface area (Å²) >= 11 is 0. The first kappa shape index (κ1) is 26.5. The highest BCUT2D eigenvalue weighted by Gasteiger charge is 2.36. The maximum Gasteiger partial charge on any atom is 0.0159 e. The molecule has 0 spiro atoms. The second-order valence-electron chi connectivity index (χ2n) is 13.7. The van der Waals surface area contributed by atoms with Gasteiger partial charge in [0.25, 0.3) is 0 Å². The van der Waals surface area contributed by atoms with Gasteiger partial charge in [-0.05, 0) is 124 Å². The van der Waals surface area contributed by atoms with E-state index in [4.69, 9.17) is 0 Å². The predicted octanol–water partition coefficient (Wildman–Crippen LogP) is 12.9. The number of fused-ring (bicyclic) bond motifs is 7. The Balaban J connectivity index is 1.04. The van der Waals surface area contributed by atoms with E-state index in [1.54, 1.807) is 0 Å². The van der Waals surface area contributed by atoms with Crippen LogP contribution in [0.2, 0.25) is 0 Å². The molecule has 0 saturated heterocycles. The van der Waals surface area contributed by atoms with Crippen molar-refractivity contribution in [3.63, 3.8) is 0 Å². The van der Waals surface area contributed by atoms with Crippen LogP contribution in [0.4, 0.5) is 0 Å². The molecule has 0 aromatic heterocycles. The Morgan fingerprint density at radius 2 is 0.830 bits per heavy atom. The number of benzene rings is 8. The molecule has 0 heterocycles. The van der Waals surface area contributed by atoms with Gasteiger partial charge in [0.1, 0.15) is 0 Å². The van der Waals surface area contributed by atoms with Crippen molar-refractivity contribution in [1.29, 1.82) is 0 Å². The lowest BCUT2D eigenvalue weighted by atomic mass is 9.80. The van der Waals surface area contributed by atoms with Crippen LogP contribution >= 0.6 is 0 Å². The van der Waals surface area contributed by atoms with Crippen LogP contribution in [0.5, 0.6) is 0 Å². The summed E-state index contributed by atoms with van der Waals surface area (Å²) in [6.07, 6.45) is 0. The van der Waals surface area contributed by atoms with Crippen LogP contribution in [0.1, 0.15) is 25.0 Å². The van der Waals surface area contributed by atoms with Crippen molar-refractivity contribution in [2.75, 3.05) is 0 Å². The molecule has 0 unspecified atom stereocenters. The molecule has 0 radical (unpaired) electrons. The largest absolute Gasteiger partial charge is 0.0616 e. The minimum Gasteiger partial charge on any atom is -0.0616 e. The van der Waals surface area contributed by atoms with Crippen molar-refractivity contribution in [2.45, 2.75) is 19.3 Å². The Labute approximate surface area is 275 Å². The average molecular weight is 597 g/mol. The van der Waals surface area contributed by atoms with Gasteiger partial charge in [-0.15, -0.1) is 0 Å². The first-order valence-corrected chi connectivity index (χ1v) is 16.6. The standard InChI is InChI=1S/C47H32/c1-47(2)44-27-33(19-21-39(44)40-22-20-34(28-45(40)47)32-18-17-29-9-3-4-10-30(29)25-32)31-11-7-12-35(26-31)36-23-24-43-38-14-6-5-13-37(38)42-16-8-15-41(36)46(42)43/h3-28H,1-2H3. The van der Waals surface area contributed by atoms with Crippen LogP contribution in [-0.4, -0.2) is 0 Å². The molecule has 0 fully saturated rings. The molecular weight excluding hydrogens is 565 g/mol. The molecule has 0 bridgehead atoms. The molecule has 2 aliphatic carbocycles. The van der Waals surface area contributed by atoms with Crippen LogP contribution < -0.4 is 0 Å². The first-order valence-electron chi connectivity index (χ1n) is 16.6. The Hall–Kier alpha value is -5.72. The van der Waals surface area contributed by atoms with E-state index < -0.39 is 0 Å². The third-order valence-corrected chi connectivity index (χ3v) is 10.8. The topological polar surface area (TPSA) is 0 Å². The van der Waals surface area contributed by atoms with Crippen LogP contribution in [0, 0.1) is 0 Å². The van der Waals surface area contributed by atoms with E-state index in [9.17, 15) is 0 Å². The molecule has 0 saturated carbocycles. The molecule has 0 N–H and O–H groups in total. The number of hydrogen-bond acceptors (Lipinski definition) is 0. The maximum atomic E-state index is 2.44. The Bertz CT molecular complexity index is 2570. The van der Waals surface area contributed by atoms with Crippen LogP contribution in [-0.2, 0) is 5.41 Å². The summed E-state index contributed by atoms with van der Waals surface area (Å²) < 4.78 is 0. The fraction of sp³-hybridized carbons (Fsp3) is 0.0638. The number of hydrogen-bond donors (Lipinski definition) is 0. The van der Waals surface area contributed by atoms with Crippen molar-refractivity contribution in [1.82, 2.24) is 0 Å². The van der Waals surface area contributed by atoms with E-state index in [2.05, 4.69) is 172 Å². The highest BCUT2D eigenvalue weighted by Crippen LogP contribution is 2.52. The third-order valence-electron chi connectivity index (χ3n) is 10.8. The van der Waals surface area contributed by atoms with Crippen LogP contribution in [0.3, 0.4) is 0 Å². The van der Waals surface area contributed by atoms with Crippen molar-refractivity contribution in [3.8, 4) is 66.8 Å². The molecule has 0 amide bonds. The summed E-state index contributed by atoms with van der Waals surface area (Å²) in [6.45, 7) is 4.76. The Morgan fingerprint density at radius 3 is 1.57 bits per heavy atom. The Kier molecular flexibility index (Phi) is 5.44. The lowest BCUT2D eigenvalue weighted by Gasteiger charge is -2.23. The van der Waals surface area contributed by atoms with E-state index in [0.717, 1.165) is 0 Å². The van der Waals surface area contributed by atoms with Gasteiger partial charge in [-0.1, -0.05) is 147 Å². The van der Waals surface area contributed by atoms with Gasteiger partial charge in [0.15, 0.2) is 0 Å². The van der Waals surface area contributed by atoms with Gasteiger partial charge in [-0.25, -0.2) is 0 Å². The summed E-state index contributed by atoms with van der Waals surface area (Å²) in [4.78, 5) is 0. The van der Waals surface area contributed by atoms with Crippen LogP contribution in [0.15, 0.2) is 158 Å². The monoisotopic (exact) mass is 596 g/mol. The smallest absolute Gasteiger partial charge is 0.0159 e. The average Bonchev–Trinajstić information content (AvgIpc) is 3.57. The van der Waals surface area contributed by atoms with E-state index in [1.165, 1.54) is 99.4 Å². The molecule has 10 rings (SSSR count).